The highest BCUT2D eigenvalue weighted by atomic mass is 16.5. The number of carbonyl (C=O) groups is 3. The predicted octanol–water partition coefficient (Wildman–Crippen LogP) is 4.99. The van der Waals surface area contributed by atoms with Gasteiger partial charge in [-0.1, -0.05) is 86.6 Å². The summed E-state index contributed by atoms with van der Waals surface area (Å²) in [6.07, 6.45) is 0. The summed E-state index contributed by atoms with van der Waals surface area (Å²) in [5, 5.41) is 2.74. The molecule has 174 valence electrons. The Hall–Kier alpha value is -3.73. The molecule has 34 heavy (non-hydrogen) atoms. The van der Waals surface area contributed by atoms with Gasteiger partial charge in [0.2, 0.25) is 0 Å². The van der Waals surface area contributed by atoms with E-state index in [-0.39, 0.29) is 29.5 Å². The van der Waals surface area contributed by atoms with E-state index in [9.17, 15) is 14.4 Å². The van der Waals surface area contributed by atoms with Crippen molar-refractivity contribution in [2.24, 2.45) is 11.8 Å². The third-order valence-corrected chi connectivity index (χ3v) is 6.51. The highest BCUT2D eigenvalue weighted by Gasteiger charge is 2.55. The monoisotopic (exact) mass is 455 g/mol. The van der Waals surface area contributed by atoms with Gasteiger partial charge in [0.15, 0.2) is 5.78 Å². The molecule has 1 saturated carbocycles. The number of nitrogens with one attached hydrogen (secondary N) is 1. The first kappa shape index (κ1) is 23.4. The number of ketones is 1. The highest BCUT2D eigenvalue weighted by molar-refractivity contribution is 6.04. The Morgan fingerprint density at radius 1 is 0.765 bits per heavy atom. The van der Waals surface area contributed by atoms with Gasteiger partial charge >= 0.3 is 5.97 Å². The van der Waals surface area contributed by atoms with E-state index < -0.39 is 17.9 Å². The molecule has 3 aromatic rings. The number of amides is 1. The lowest BCUT2D eigenvalue weighted by Gasteiger charge is -2.19. The lowest BCUT2D eigenvalue weighted by Crippen LogP contribution is -2.45. The second kappa shape index (κ2) is 10.0. The summed E-state index contributed by atoms with van der Waals surface area (Å²) < 4.78 is 4.81. The summed E-state index contributed by atoms with van der Waals surface area (Å²) >= 11 is 0. The molecule has 3 atom stereocenters. The van der Waals surface area contributed by atoms with E-state index in [1.807, 2.05) is 50.2 Å². The van der Waals surface area contributed by atoms with E-state index in [0.29, 0.717) is 11.1 Å². The molecular formula is C29H29NO4. The molecule has 3 aromatic carbocycles. The van der Waals surface area contributed by atoms with Crippen LogP contribution in [0.2, 0.25) is 0 Å². The van der Waals surface area contributed by atoms with Crippen molar-refractivity contribution in [1.29, 1.82) is 0 Å². The molecule has 1 N–H and O–H groups in total. The molecular weight excluding hydrogens is 426 g/mol. The van der Waals surface area contributed by atoms with E-state index in [4.69, 9.17) is 4.74 Å². The number of Topliss-reactive ketones (excluding diaryl/α,β-unsaturated/α-hetero) is 1. The van der Waals surface area contributed by atoms with E-state index >= 15 is 0 Å². The first-order valence-electron chi connectivity index (χ1n) is 11.5. The third kappa shape index (κ3) is 4.79. The van der Waals surface area contributed by atoms with Crippen LogP contribution in [0.5, 0.6) is 0 Å². The van der Waals surface area contributed by atoms with E-state index in [2.05, 4.69) is 29.6 Å². The molecule has 0 bridgehead atoms. The molecule has 4 rings (SSSR count). The predicted molar refractivity (Wildman–Crippen MR) is 131 cm³/mol. The number of rotatable bonds is 8. The van der Waals surface area contributed by atoms with Crippen molar-refractivity contribution in [2.45, 2.75) is 31.7 Å². The molecule has 1 aliphatic carbocycles. The minimum Gasteiger partial charge on any atom is -0.467 e. The Balaban J connectivity index is 1.58. The third-order valence-electron chi connectivity index (χ3n) is 6.51. The van der Waals surface area contributed by atoms with Crippen LogP contribution in [0.25, 0.3) is 0 Å². The van der Waals surface area contributed by atoms with Crippen molar-refractivity contribution in [1.82, 2.24) is 5.32 Å². The lowest BCUT2D eigenvalue weighted by atomic mass is 9.99. The second-order valence-electron chi connectivity index (χ2n) is 9.06. The first-order valence-corrected chi connectivity index (χ1v) is 11.5. The molecule has 0 heterocycles. The largest absolute Gasteiger partial charge is 0.467 e. The van der Waals surface area contributed by atoms with Crippen molar-refractivity contribution in [3.8, 4) is 0 Å². The highest BCUT2D eigenvalue weighted by Crippen LogP contribution is 2.61. The minimum absolute atomic E-state index is 0.0192. The lowest BCUT2D eigenvalue weighted by molar-refractivity contribution is -0.144. The Labute approximate surface area is 200 Å². The summed E-state index contributed by atoms with van der Waals surface area (Å²) in [4.78, 5) is 38.6. The second-order valence-corrected chi connectivity index (χ2v) is 9.06. The topological polar surface area (TPSA) is 72.5 Å². The first-order chi connectivity index (χ1) is 16.4. The number of hydrogen-bond acceptors (Lipinski definition) is 4. The van der Waals surface area contributed by atoms with Gasteiger partial charge in [-0.05, 0) is 29.2 Å². The quantitative estimate of drug-likeness (QED) is 0.384. The summed E-state index contributed by atoms with van der Waals surface area (Å²) in [5.74, 6) is -1.02. The molecule has 0 saturated heterocycles. The van der Waals surface area contributed by atoms with Crippen LogP contribution in [0.4, 0.5) is 0 Å². The molecule has 0 radical (unpaired) electrons. The minimum atomic E-state index is -0.759. The van der Waals surface area contributed by atoms with E-state index in [1.165, 1.54) is 7.11 Å². The molecule has 5 nitrogen and oxygen atoms in total. The van der Waals surface area contributed by atoms with Gasteiger partial charge in [0.05, 0.1) is 7.11 Å². The van der Waals surface area contributed by atoms with Crippen molar-refractivity contribution < 1.29 is 19.1 Å². The van der Waals surface area contributed by atoms with Crippen LogP contribution in [0, 0.1) is 11.8 Å². The SMILES string of the molecule is COC(=O)[C@@H](NC(=O)c1cccc(C(=O)C2[C@@H](c3ccccc3)[C@@H]2c2ccccc2)c1)C(C)C. The Morgan fingerprint density at radius 3 is 1.79 bits per heavy atom. The van der Waals surface area contributed by atoms with Gasteiger partial charge < -0.3 is 10.1 Å². The van der Waals surface area contributed by atoms with Crippen LogP contribution in [0.3, 0.4) is 0 Å². The van der Waals surface area contributed by atoms with Crippen molar-refractivity contribution in [3.63, 3.8) is 0 Å². The van der Waals surface area contributed by atoms with Gasteiger partial charge in [-0.25, -0.2) is 4.79 Å². The number of esters is 1. The van der Waals surface area contributed by atoms with Crippen molar-refractivity contribution in [2.75, 3.05) is 7.11 Å². The van der Waals surface area contributed by atoms with Crippen LogP contribution in [-0.4, -0.2) is 30.8 Å². The van der Waals surface area contributed by atoms with Gasteiger partial charge in [0.25, 0.3) is 5.91 Å². The molecule has 1 amide bonds. The normalized spacial score (nSPS) is 19.8. The summed E-state index contributed by atoms with van der Waals surface area (Å²) in [6.45, 7) is 3.67. The smallest absolute Gasteiger partial charge is 0.328 e. The maximum Gasteiger partial charge on any atom is 0.328 e. The fourth-order valence-electron chi connectivity index (χ4n) is 4.67. The summed E-state index contributed by atoms with van der Waals surface area (Å²) in [6, 6.07) is 26.2. The maximum absolute atomic E-state index is 13.6. The van der Waals surface area contributed by atoms with E-state index in [0.717, 1.165) is 11.1 Å². The van der Waals surface area contributed by atoms with Crippen molar-refractivity contribution in [3.05, 3.63) is 107 Å². The van der Waals surface area contributed by atoms with Crippen LogP contribution in [0.1, 0.15) is 57.5 Å². The fraction of sp³-hybridized carbons (Fsp3) is 0.276. The molecule has 0 aromatic heterocycles. The number of ether oxygens (including phenoxy) is 1. The molecule has 5 heteroatoms. The van der Waals surface area contributed by atoms with Crippen LogP contribution in [0.15, 0.2) is 84.9 Å². The van der Waals surface area contributed by atoms with Gasteiger partial charge in [-0.3, -0.25) is 9.59 Å². The van der Waals surface area contributed by atoms with Crippen LogP contribution >= 0.6 is 0 Å². The molecule has 0 unspecified atom stereocenters. The standard InChI is InChI=1S/C29H29NO4/c1-18(2)26(29(33)34-3)30-28(32)22-16-10-15-21(17-22)27(31)25-23(19-11-6-4-7-12-19)24(25)20-13-8-5-9-14-20/h4-18,23-26H,1-3H3,(H,30,32)/t23-,24-,26-/m0/s1. The zero-order valence-corrected chi connectivity index (χ0v) is 19.6. The Morgan fingerprint density at radius 2 is 1.29 bits per heavy atom. The zero-order valence-electron chi connectivity index (χ0n) is 19.6. The van der Waals surface area contributed by atoms with Gasteiger partial charge in [-0.2, -0.15) is 0 Å². The Bertz CT molecular complexity index is 1130. The van der Waals surface area contributed by atoms with Crippen LogP contribution in [-0.2, 0) is 9.53 Å². The van der Waals surface area contributed by atoms with Gasteiger partial charge in [0, 0.05) is 28.9 Å². The summed E-state index contributed by atoms with van der Waals surface area (Å²) in [5.41, 5.74) is 3.12. The Kier molecular flexibility index (Phi) is 6.92. The van der Waals surface area contributed by atoms with Gasteiger partial charge in [0.1, 0.15) is 6.04 Å². The molecule has 1 aliphatic rings. The van der Waals surface area contributed by atoms with Gasteiger partial charge in [-0.15, -0.1) is 0 Å². The maximum atomic E-state index is 13.6. The number of hydrogen-bond donors (Lipinski definition) is 1. The molecule has 1 fully saturated rings. The number of carbonyl (C=O) groups excluding carboxylic acids is 3. The molecule has 0 spiro atoms. The average Bonchev–Trinajstić information content (AvgIpc) is 3.63. The summed E-state index contributed by atoms with van der Waals surface area (Å²) in [7, 11) is 1.30. The van der Waals surface area contributed by atoms with Crippen molar-refractivity contribution >= 4 is 17.7 Å². The van der Waals surface area contributed by atoms with E-state index in [1.54, 1.807) is 24.3 Å². The average molecular weight is 456 g/mol. The zero-order chi connectivity index (χ0) is 24.2. The number of benzene rings is 3. The molecule has 0 aliphatic heterocycles. The fourth-order valence-corrected chi connectivity index (χ4v) is 4.67. The van der Waals surface area contributed by atoms with Crippen LogP contribution < -0.4 is 5.32 Å². The number of methoxy groups -OCH3 is 1.